The molecule has 3 amide bonds. The number of nitrogens with one attached hydrogen (secondary N) is 1. The van der Waals surface area contributed by atoms with Crippen molar-refractivity contribution in [3.63, 3.8) is 0 Å². The Balaban J connectivity index is 1.16. The first-order chi connectivity index (χ1) is 21.8. The van der Waals surface area contributed by atoms with E-state index in [1.807, 2.05) is 55.6 Å². The van der Waals surface area contributed by atoms with E-state index in [1.165, 1.54) is 4.90 Å². The monoisotopic (exact) mass is 628 g/mol. The molecule has 2 aliphatic heterocycles. The zero-order chi connectivity index (χ0) is 31.7. The predicted molar refractivity (Wildman–Crippen MR) is 178 cm³/mol. The number of hydrogen-bond acceptors (Lipinski definition) is 6. The lowest BCUT2D eigenvalue weighted by Crippen LogP contribution is -2.34. The highest BCUT2D eigenvalue weighted by Gasteiger charge is 2.34. The molecular weight excluding hydrogens is 592 g/mol. The summed E-state index contributed by atoms with van der Waals surface area (Å²) in [7, 11) is 3.51. The second-order valence-corrected chi connectivity index (χ2v) is 12.0. The Morgan fingerprint density at radius 1 is 0.956 bits per heavy atom. The summed E-state index contributed by atoms with van der Waals surface area (Å²) in [5.74, 6) is 0.678. The van der Waals surface area contributed by atoms with E-state index in [0.29, 0.717) is 56.3 Å². The molecule has 0 fully saturated rings. The normalized spacial score (nSPS) is 15.4. The minimum Gasteiger partial charge on any atom is -0.507 e. The Hall–Kier alpha value is -4.34. The summed E-state index contributed by atoms with van der Waals surface area (Å²) in [6, 6.07) is 18.8. The molecule has 0 saturated heterocycles. The van der Waals surface area contributed by atoms with E-state index in [-0.39, 0.29) is 36.3 Å². The van der Waals surface area contributed by atoms with Gasteiger partial charge >= 0.3 is 6.09 Å². The molecule has 0 unspecified atom stereocenters. The smallest absolute Gasteiger partial charge is 0.415 e. The van der Waals surface area contributed by atoms with Crippen LogP contribution in [-0.2, 0) is 16.0 Å². The molecule has 234 valence electrons. The zero-order valence-corrected chi connectivity index (χ0v) is 26.3. The van der Waals surface area contributed by atoms with Gasteiger partial charge in [0.2, 0.25) is 11.8 Å². The molecule has 0 spiro atoms. The second-order valence-electron chi connectivity index (χ2n) is 11.7. The number of amides is 3. The number of hydrogen-bond donors (Lipinski definition) is 2. The van der Waals surface area contributed by atoms with Gasteiger partial charge in [0.05, 0.1) is 11.4 Å². The van der Waals surface area contributed by atoms with Crippen LogP contribution < -0.4 is 19.9 Å². The molecule has 0 radical (unpaired) electrons. The number of nitrogens with zero attached hydrogens (tertiary/aromatic N) is 3. The predicted octanol–water partition coefficient (Wildman–Crippen LogP) is 5.78. The highest BCUT2D eigenvalue weighted by Crippen LogP contribution is 2.45. The molecule has 0 bridgehead atoms. The molecule has 2 N–H and O–H groups in total. The van der Waals surface area contributed by atoms with Crippen LogP contribution in [0.3, 0.4) is 0 Å². The number of phenolic OH excluding ortho intramolecular Hbond substituents is 1. The Morgan fingerprint density at radius 2 is 1.62 bits per heavy atom. The van der Waals surface area contributed by atoms with E-state index in [4.69, 9.17) is 16.3 Å². The van der Waals surface area contributed by atoms with Gasteiger partial charge in [-0.1, -0.05) is 48.5 Å². The van der Waals surface area contributed by atoms with Gasteiger partial charge in [-0.05, 0) is 41.8 Å². The lowest BCUT2D eigenvalue weighted by molar-refractivity contribution is -0.119. The number of phenols is 1. The number of anilines is 2. The number of aromatic hydroxyl groups is 1. The van der Waals surface area contributed by atoms with Gasteiger partial charge in [-0.2, -0.15) is 0 Å². The number of halogens is 1. The van der Waals surface area contributed by atoms with Crippen molar-refractivity contribution in [2.24, 2.45) is 0 Å². The van der Waals surface area contributed by atoms with Gasteiger partial charge in [-0.15, -0.1) is 11.6 Å². The van der Waals surface area contributed by atoms with Gasteiger partial charge < -0.3 is 29.9 Å². The fourth-order valence-corrected chi connectivity index (χ4v) is 6.82. The quantitative estimate of drug-likeness (QED) is 0.228. The summed E-state index contributed by atoms with van der Waals surface area (Å²) in [5, 5.41) is 17.1. The van der Waals surface area contributed by atoms with E-state index in [9.17, 15) is 19.5 Å². The maximum atomic E-state index is 13.5. The Kier molecular flexibility index (Phi) is 8.83. The van der Waals surface area contributed by atoms with Crippen molar-refractivity contribution in [1.29, 1.82) is 0 Å². The number of rotatable bonds is 9. The van der Waals surface area contributed by atoms with Gasteiger partial charge in [0, 0.05) is 80.8 Å². The summed E-state index contributed by atoms with van der Waals surface area (Å²) in [4.78, 5) is 44.8. The first-order valence-electron chi connectivity index (χ1n) is 15.4. The number of alkyl halides is 1. The molecule has 0 saturated carbocycles. The first kappa shape index (κ1) is 30.7. The van der Waals surface area contributed by atoms with E-state index in [0.717, 1.165) is 38.4 Å². The van der Waals surface area contributed by atoms with Gasteiger partial charge in [0.25, 0.3) is 0 Å². The summed E-state index contributed by atoms with van der Waals surface area (Å²) in [6.07, 6.45) is 0.993. The summed E-state index contributed by atoms with van der Waals surface area (Å²) < 4.78 is 5.84. The van der Waals surface area contributed by atoms with Crippen LogP contribution in [0, 0.1) is 0 Å². The van der Waals surface area contributed by atoms with Gasteiger partial charge in [-0.25, -0.2) is 4.79 Å². The van der Waals surface area contributed by atoms with Crippen LogP contribution in [0.2, 0.25) is 0 Å². The molecule has 4 aromatic carbocycles. The van der Waals surface area contributed by atoms with Crippen LogP contribution in [0.25, 0.3) is 21.5 Å². The van der Waals surface area contributed by atoms with Crippen LogP contribution in [0.4, 0.5) is 16.2 Å². The van der Waals surface area contributed by atoms with Crippen molar-refractivity contribution < 1.29 is 24.2 Å². The van der Waals surface area contributed by atoms with E-state index in [1.54, 1.807) is 29.0 Å². The third-order valence-electron chi connectivity index (χ3n) is 8.89. The number of fused-ring (bicyclic) bond motifs is 6. The fraction of sp³-hybridized carbons (Fsp3) is 0.343. The standard InChI is InChI=1S/C35H37ClN4O5/c1-37-15-17-38(2)35(44)45-31-19-28-24(23-8-3-5-10-26(23)31)14-16-39(28)32(42)12-7-13-33(43)40-21-22(20-36)34-27-11-6-4-9-25(27)30(41)18-29(34)40/h3-6,8-11,18-19,22,37,41H,7,12-17,20-21H2,1-2H3/t22-/m1/s1. The van der Waals surface area contributed by atoms with E-state index >= 15 is 0 Å². The first-order valence-corrected chi connectivity index (χ1v) is 15.9. The van der Waals surface area contributed by atoms with Crippen LogP contribution in [-0.4, -0.2) is 74.1 Å². The lowest BCUT2D eigenvalue weighted by Gasteiger charge is -2.21. The molecule has 0 aromatic heterocycles. The third kappa shape index (κ3) is 5.78. The fourth-order valence-electron chi connectivity index (χ4n) is 6.57. The Bertz CT molecular complexity index is 1790. The van der Waals surface area contributed by atoms with Crippen molar-refractivity contribution >= 4 is 62.4 Å². The molecule has 2 aliphatic rings. The zero-order valence-electron chi connectivity index (χ0n) is 25.5. The van der Waals surface area contributed by atoms with Crippen LogP contribution >= 0.6 is 11.6 Å². The summed E-state index contributed by atoms with van der Waals surface area (Å²) in [5.41, 5.74) is 3.46. The van der Waals surface area contributed by atoms with Crippen LogP contribution in [0.5, 0.6) is 11.5 Å². The highest BCUT2D eigenvalue weighted by atomic mass is 35.5. The van der Waals surface area contributed by atoms with E-state index in [2.05, 4.69) is 5.32 Å². The third-order valence-corrected chi connectivity index (χ3v) is 9.26. The van der Waals surface area contributed by atoms with Crippen molar-refractivity contribution in [3.05, 3.63) is 71.8 Å². The molecular formula is C35H37ClN4O5. The number of benzene rings is 4. The van der Waals surface area contributed by atoms with Crippen molar-refractivity contribution in [2.45, 2.75) is 31.6 Å². The minimum atomic E-state index is -0.467. The molecule has 1 atom stereocenters. The summed E-state index contributed by atoms with van der Waals surface area (Å²) >= 11 is 6.33. The van der Waals surface area contributed by atoms with Gasteiger partial charge in [0.1, 0.15) is 11.5 Å². The SMILES string of the molecule is CNCCN(C)C(=O)Oc1cc2c(c3ccccc13)CCN2C(=O)CCCC(=O)N1C[C@@H](CCl)c2c1cc(O)c1ccccc21. The van der Waals surface area contributed by atoms with Crippen LogP contribution in [0.1, 0.15) is 36.3 Å². The van der Waals surface area contributed by atoms with Crippen molar-refractivity contribution in [3.8, 4) is 11.5 Å². The Morgan fingerprint density at radius 3 is 2.33 bits per heavy atom. The minimum absolute atomic E-state index is 0.0416. The molecule has 10 heteroatoms. The van der Waals surface area contributed by atoms with Crippen molar-refractivity contribution in [1.82, 2.24) is 10.2 Å². The molecule has 4 aromatic rings. The van der Waals surface area contributed by atoms with Crippen molar-refractivity contribution in [2.75, 3.05) is 56.0 Å². The molecule has 2 heterocycles. The average Bonchev–Trinajstić information content (AvgIpc) is 3.65. The topological polar surface area (TPSA) is 102 Å². The second kappa shape index (κ2) is 12.9. The molecule has 0 aliphatic carbocycles. The van der Waals surface area contributed by atoms with Gasteiger partial charge in [-0.3, -0.25) is 9.59 Å². The number of carbonyl (C=O) groups is 3. The maximum Gasteiger partial charge on any atom is 0.415 e. The highest BCUT2D eigenvalue weighted by molar-refractivity contribution is 6.19. The number of carbonyl (C=O) groups excluding carboxylic acids is 3. The molecule has 6 rings (SSSR count). The number of likely N-dealkylation sites (N-methyl/N-ethyl adjacent to an activating group) is 2. The van der Waals surface area contributed by atoms with E-state index < -0.39 is 6.09 Å². The average molecular weight is 629 g/mol. The number of ether oxygens (including phenoxy) is 1. The molecule has 9 nitrogen and oxygen atoms in total. The lowest BCUT2D eigenvalue weighted by atomic mass is 9.95. The summed E-state index contributed by atoms with van der Waals surface area (Å²) in [6.45, 7) is 2.10. The van der Waals surface area contributed by atoms with Gasteiger partial charge in [0.15, 0.2) is 0 Å². The van der Waals surface area contributed by atoms with Crippen LogP contribution in [0.15, 0.2) is 60.7 Å². The largest absolute Gasteiger partial charge is 0.507 e. The Labute approximate surface area is 267 Å². The molecule has 45 heavy (non-hydrogen) atoms. The maximum absolute atomic E-state index is 13.5.